The van der Waals surface area contributed by atoms with Gasteiger partial charge in [-0.3, -0.25) is 4.98 Å². The van der Waals surface area contributed by atoms with Gasteiger partial charge in [-0.1, -0.05) is 19.0 Å². The van der Waals surface area contributed by atoms with E-state index in [9.17, 15) is 0 Å². The summed E-state index contributed by atoms with van der Waals surface area (Å²) in [4.78, 5) is 8.98. The van der Waals surface area contributed by atoms with Crippen LogP contribution in [0.15, 0.2) is 23.5 Å². The smallest absolute Gasteiger partial charge is 0.106 e. The van der Waals surface area contributed by atoms with Gasteiger partial charge in [0.1, 0.15) is 12.8 Å². The second kappa shape index (κ2) is 5.49. The number of rotatable bonds is 4. The molecule has 0 bridgehead atoms. The van der Waals surface area contributed by atoms with Crippen molar-refractivity contribution in [2.45, 2.75) is 27.2 Å². The summed E-state index contributed by atoms with van der Waals surface area (Å²) in [7, 11) is 1.54. The molecule has 0 spiro atoms. The van der Waals surface area contributed by atoms with Crippen LogP contribution < -0.4 is 0 Å². The number of pyridine rings is 1. The molecule has 1 aromatic heterocycles. The van der Waals surface area contributed by atoms with Gasteiger partial charge in [0.05, 0.1) is 5.69 Å². The SMILES string of the molecule is CO/N=C(/C)c1cc(CC(C)C)ccn1. The lowest BCUT2D eigenvalue weighted by Gasteiger charge is -2.06. The minimum Gasteiger partial charge on any atom is -0.399 e. The topological polar surface area (TPSA) is 34.5 Å². The molecule has 0 unspecified atom stereocenters. The van der Waals surface area contributed by atoms with Gasteiger partial charge in [0, 0.05) is 6.20 Å². The van der Waals surface area contributed by atoms with E-state index in [4.69, 9.17) is 4.84 Å². The zero-order valence-electron chi connectivity index (χ0n) is 9.82. The molecule has 0 amide bonds. The van der Waals surface area contributed by atoms with Gasteiger partial charge in [-0.2, -0.15) is 0 Å². The van der Waals surface area contributed by atoms with Gasteiger partial charge < -0.3 is 4.84 Å². The second-order valence-corrected chi connectivity index (χ2v) is 4.01. The Labute approximate surface area is 91.2 Å². The molecule has 3 heteroatoms. The van der Waals surface area contributed by atoms with Crippen LogP contribution in [0.25, 0.3) is 0 Å². The third-order valence-corrected chi connectivity index (χ3v) is 2.07. The largest absolute Gasteiger partial charge is 0.399 e. The van der Waals surface area contributed by atoms with Crippen LogP contribution in [0.2, 0.25) is 0 Å². The highest BCUT2D eigenvalue weighted by Gasteiger charge is 2.03. The Morgan fingerprint density at radius 3 is 2.87 bits per heavy atom. The van der Waals surface area contributed by atoms with Crippen molar-refractivity contribution in [3.05, 3.63) is 29.6 Å². The molecule has 0 aliphatic carbocycles. The highest BCUT2D eigenvalue weighted by molar-refractivity contribution is 5.96. The summed E-state index contributed by atoms with van der Waals surface area (Å²) in [6.07, 6.45) is 2.89. The normalized spacial score (nSPS) is 11.9. The maximum absolute atomic E-state index is 4.73. The Morgan fingerprint density at radius 2 is 2.27 bits per heavy atom. The van der Waals surface area contributed by atoms with Gasteiger partial charge in [-0.05, 0) is 37.0 Å². The van der Waals surface area contributed by atoms with E-state index >= 15 is 0 Å². The number of hydrogen-bond acceptors (Lipinski definition) is 3. The first-order valence-electron chi connectivity index (χ1n) is 5.16. The standard InChI is InChI=1S/C12H18N2O/c1-9(2)7-11-5-6-13-12(8-11)10(3)14-15-4/h5-6,8-9H,7H2,1-4H3/b14-10-. The molecule has 15 heavy (non-hydrogen) atoms. The highest BCUT2D eigenvalue weighted by atomic mass is 16.6. The molecule has 0 N–H and O–H groups in total. The molecule has 0 aliphatic heterocycles. The lowest BCUT2D eigenvalue weighted by Crippen LogP contribution is -2.02. The van der Waals surface area contributed by atoms with Gasteiger partial charge in [0.25, 0.3) is 0 Å². The molecule has 1 aromatic rings. The van der Waals surface area contributed by atoms with Gasteiger partial charge in [-0.25, -0.2) is 0 Å². The molecule has 1 rings (SSSR count). The Morgan fingerprint density at radius 1 is 1.53 bits per heavy atom. The van der Waals surface area contributed by atoms with Crippen molar-refractivity contribution in [1.82, 2.24) is 4.98 Å². The van der Waals surface area contributed by atoms with E-state index in [2.05, 4.69) is 30.1 Å². The van der Waals surface area contributed by atoms with Crippen molar-refractivity contribution in [2.24, 2.45) is 11.1 Å². The zero-order valence-corrected chi connectivity index (χ0v) is 9.82. The van der Waals surface area contributed by atoms with Crippen LogP contribution in [0.5, 0.6) is 0 Å². The summed E-state index contributed by atoms with van der Waals surface area (Å²) in [5, 5.41) is 3.87. The minimum absolute atomic E-state index is 0.653. The van der Waals surface area contributed by atoms with Crippen LogP contribution in [0.1, 0.15) is 32.0 Å². The van der Waals surface area contributed by atoms with Gasteiger partial charge in [0.2, 0.25) is 0 Å². The van der Waals surface area contributed by atoms with Crippen molar-refractivity contribution in [2.75, 3.05) is 7.11 Å². The zero-order chi connectivity index (χ0) is 11.3. The van der Waals surface area contributed by atoms with Crippen LogP contribution in [0.3, 0.4) is 0 Å². The highest BCUT2D eigenvalue weighted by Crippen LogP contribution is 2.09. The molecule has 1 heterocycles. The minimum atomic E-state index is 0.653. The van der Waals surface area contributed by atoms with E-state index in [1.54, 1.807) is 7.11 Å². The Hall–Kier alpha value is -1.38. The van der Waals surface area contributed by atoms with Crippen molar-refractivity contribution in [3.63, 3.8) is 0 Å². The lowest BCUT2D eigenvalue weighted by molar-refractivity contribution is 0.213. The first-order chi connectivity index (χ1) is 7.13. The number of nitrogens with zero attached hydrogens (tertiary/aromatic N) is 2. The third kappa shape index (κ3) is 3.70. The maximum atomic E-state index is 4.73. The molecule has 0 fully saturated rings. The van der Waals surface area contributed by atoms with Crippen LogP contribution in [0.4, 0.5) is 0 Å². The molecule has 3 nitrogen and oxygen atoms in total. The monoisotopic (exact) mass is 206 g/mol. The van der Waals surface area contributed by atoms with Crippen LogP contribution in [0, 0.1) is 5.92 Å². The van der Waals surface area contributed by atoms with E-state index in [0.717, 1.165) is 17.8 Å². The van der Waals surface area contributed by atoms with Crippen LogP contribution in [-0.2, 0) is 11.3 Å². The number of hydrogen-bond donors (Lipinski definition) is 0. The Kier molecular flexibility index (Phi) is 4.28. The average Bonchev–Trinajstić information content (AvgIpc) is 2.17. The average molecular weight is 206 g/mol. The predicted octanol–water partition coefficient (Wildman–Crippen LogP) is 2.65. The number of oxime groups is 1. The third-order valence-electron chi connectivity index (χ3n) is 2.07. The summed E-state index contributed by atoms with van der Waals surface area (Å²) in [5.41, 5.74) is 2.98. The molecule has 0 aromatic carbocycles. The van der Waals surface area contributed by atoms with E-state index in [-0.39, 0.29) is 0 Å². The van der Waals surface area contributed by atoms with Crippen molar-refractivity contribution >= 4 is 5.71 Å². The second-order valence-electron chi connectivity index (χ2n) is 4.01. The van der Waals surface area contributed by atoms with E-state index < -0.39 is 0 Å². The summed E-state index contributed by atoms with van der Waals surface area (Å²) < 4.78 is 0. The molecule has 0 radical (unpaired) electrons. The number of aromatic nitrogens is 1. The van der Waals surface area contributed by atoms with Gasteiger partial charge in [0.15, 0.2) is 0 Å². The summed E-state index contributed by atoms with van der Waals surface area (Å²) in [6, 6.07) is 4.11. The molecule has 0 saturated heterocycles. The summed E-state index contributed by atoms with van der Waals surface area (Å²) in [5.74, 6) is 0.653. The summed E-state index contributed by atoms with van der Waals surface area (Å²) >= 11 is 0. The molecular weight excluding hydrogens is 188 g/mol. The first kappa shape index (κ1) is 11.7. The fourth-order valence-corrected chi connectivity index (χ4v) is 1.45. The van der Waals surface area contributed by atoms with E-state index in [1.807, 2.05) is 19.2 Å². The van der Waals surface area contributed by atoms with Crippen LogP contribution >= 0.6 is 0 Å². The van der Waals surface area contributed by atoms with Crippen molar-refractivity contribution < 1.29 is 4.84 Å². The molecule has 0 saturated carbocycles. The Bertz CT molecular complexity index is 345. The van der Waals surface area contributed by atoms with E-state index in [0.29, 0.717) is 5.92 Å². The fraction of sp³-hybridized carbons (Fsp3) is 0.500. The van der Waals surface area contributed by atoms with Crippen molar-refractivity contribution in [1.29, 1.82) is 0 Å². The van der Waals surface area contributed by atoms with E-state index in [1.165, 1.54) is 5.56 Å². The van der Waals surface area contributed by atoms with Gasteiger partial charge in [-0.15, -0.1) is 0 Å². The van der Waals surface area contributed by atoms with Crippen LogP contribution in [-0.4, -0.2) is 17.8 Å². The van der Waals surface area contributed by atoms with Gasteiger partial charge >= 0.3 is 0 Å². The lowest BCUT2D eigenvalue weighted by atomic mass is 10.0. The molecule has 82 valence electrons. The Balaban J connectivity index is 2.87. The molecule has 0 aliphatic rings. The predicted molar refractivity (Wildman–Crippen MR) is 62.0 cm³/mol. The van der Waals surface area contributed by atoms with Crippen molar-refractivity contribution in [3.8, 4) is 0 Å². The molecule has 0 atom stereocenters. The summed E-state index contributed by atoms with van der Waals surface area (Å²) in [6.45, 7) is 6.30. The maximum Gasteiger partial charge on any atom is 0.106 e. The fourth-order valence-electron chi connectivity index (χ4n) is 1.45. The first-order valence-corrected chi connectivity index (χ1v) is 5.16. The molecular formula is C12H18N2O. The quantitative estimate of drug-likeness (QED) is 0.560.